The van der Waals surface area contributed by atoms with E-state index in [2.05, 4.69) is 35.7 Å². The van der Waals surface area contributed by atoms with Crippen molar-refractivity contribution in [2.75, 3.05) is 26.2 Å². The van der Waals surface area contributed by atoms with E-state index in [0.717, 1.165) is 48.4 Å². The predicted octanol–water partition coefficient (Wildman–Crippen LogP) is 4.11. The van der Waals surface area contributed by atoms with Crippen LogP contribution in [-0.4, -0.2) is 42.6 Å². The zero-order valence-corrected chi connectivity index (χ0v) is 16.7. The van der Waals surface area contributed by atoms with Crippen LogP contribution in [0.2, 0.25) is 0 Å². The van der Waals surface area contributed by atoms with Crippen LogP contribution in [0.4, 0.5) is 0 Å². The molecule has 0 aromatic heterocycles. The van der Waals surface area contributed by atoms with Crippen LogP contribution in [0.15, 0.2) is 54.6 Å². The van der Waals surface area contributed by atoms with E-state index in [1.54, 1.807) is 0 Å². The summed E-state index contributed by atoms with van der Waals surface area (Å²) in [7, 11) is 0. The maximum Gasteiger partial charge on any atom is 0.253 e. The molecule has 2 aromatic rings. The Balaban J connectivity index is 1.80. The van der Waals surface area contributed by atoms with Gasteiger partial charge in [-0.2, -0.15) is 0 Å². The fourth-order valence-corrected chi connectivity index (χ4v) is 4.20. The second-order valence-electron chi connectivity index (χ2n) is 7.53. The molecule has 0 unspecified atom stereocenters. The number of amides is 1. The van der Waals surface area contributed by atoms with Gasteiger partial charge in [-0.15, -0.1) is 0 Å². The van der Waals surface area contributed by atoms with Crippen molar-refractivity contribution >= 4 is 11.5 Å². The molecule has 28 heavy (non-hydrogen) atoms. The number of nitrogens with zero attached hydrogens (tertiary/aromatic N) is 1. The van der Waals surface area contributed by atoms with Gasteiger partial charge in [0.2, 0.25) is 0 Å². The second kappa shape index (κ2) is 7.80. The molecule has 4 heteroatoms. The third-order valence-corrected chi connectivity index (χ3v) is 5.82. The van der Waals surface area contributed by atoms with E-state index in [-0.39, 0.29) is 11.5 Å². The number of carbonyl (C=O) groups excluding carboxylic acids is 1. The molecule has 2 heterocycles. The Morgan fingerprint density at radius 3 is 2.46 bits per heavy atom. The average Bonchev–Trinajstić information content (AvgIpc) is 2.75. The van der Waals surface area contributed by atoms with E-state index in [1.807, 2.05) is 43.0 Å². The smallest absolute Gasteiger partial charge is 0.253 e. The third-order valence-electron chi connectivity index (χ3n) is 5.82. The Morgan fingerprint density at radius 1 is 1.07 bits per heavy atom. The molecule has 2 aromatic carbocycles. The highest BCUT2D eigenvalue weighted by Crippen LogP contribution is 2.43. The molecule has 2 aliphatic heterocycles. The number of hydrogen-bond acceptors (Lipinski definition) is 3. The SMILES string of the molecule is CCN(CC)C(=O)c1ccc2c(c1)C(c1ccccc1)=CC1(CCNCC1)O2. The molecular weight excluding hydrogens is 348 g/mol. The first-order valence-corrected chi connectivity index (χ1v) is 10.3. The lowest BCUT2D eigenvalue weighted by Gasteiger charge is -2.40. The Labute approximate surface area is 167 Å². The Bertz CT molecular complexity index is 879. The summed E-state index contributed by atoms with van der Waals surface area (Å²) < 4.78 is 6.52. The molecule has 1 spiro atoms. The number of piperidine rings is 1. The molecule has 0 bridgehead atoms. The minimum Gasteiger partial charge on any atom is -0.482 e. The van der Waals surface area contributed by atoms with E-state index in [9.17, 15) is 4.79 Å². The van der Waals surface area contributed by atoms with Crippen molar-refractivity contribution in [1.82, 2.24) is 10.2 Å². The molecule has 1 N–H and O–H groups in total. The molecule has 0 aliphatic carbocycles. The van der Waals surface area contributed by atoms with Crippen LogP contribution in [-0.2, 0) is 0 Å². The van der Waals surface area contributed by atoms with Gasteiger partial charge in [0.05, 0.1) is 0 Å². The molecule has 2 aliphatic rings. The number of ether oxygens (including phenoxy) is 1. The maximum absolute atomic E-state index is 12.9. The summed E-state index contributed by atoms with van der Waals surface area (Å²) >= 11 is 0. The molecule has 1 saturated heterocycles. The number of hydrogen-bond donors (Lipinski definition) is 1. The summed E-state index contributed by atoms with van der Waals surface area (Å²) in [5, 5.41) is 3.42. The predicted molar refractivity (Wildman–Crippen MR) is 113 cm³/mol. The lowest BCUT2D eigenvalue weighted by Crippen LogP contribution is -2.46. The fraction of sp³-hybridized carbons (Fsp3) is 0.375. The van der Waals surface area contributed by atoms with Crippen LogP contribution in [0.25, 0.3) is 5.57 Å². The van der Waals surface area contributed by atoms with Crippen molar-refractivity contribution in [3.8, 4) is 5.75 Å². The zero-order valence-electron chi connectivity index (χ0n) is 16.7. The summed E-state index contributed by atoms with van der Waals surface area (Å²) in [6.45, 7) is 7.35. The average molecular weight is 377 g/mol. The molecule has 0 radical (unpaired) electrons. The molecule has 0 atom stereocenters. The molecule has 0 saturated carbocycles. The Hall–Kier alpha value is -2.59. The minimum atomic E-state index is -0.270. The second-order valence-corrected chi connectivity index (χ2v) is 7.53. The van der Waals surface area contributed by atoms with Gasteiger partial charge in [-0.1, -0.05) is 30.3 Å². The van der Waals surface area contributed by atoms with Crippen molar-refractivity contribution in [3.05, 3.63) is 71.3 Å². The highest BCUT2D eigenvalue weighted by Gasteiger charge is 2.37. The molecule has 4 rings (SSSR count). The number of nitrogens with one attached hydrogen (secondary N) is 1. The lowest BCUT2D eigenvalue weighted by molar-refractivity contribution is 0.0770. The first-order valence-electron chi connectivity index (χ1n) is 10.3. The minimum absolute atomic E-state index is 0.0716. The number of benzene rings is 2. The zero-order chi connectivity index (χ0) is 19.6. The summed E-state index contributed by atoms with van der Waals surface area (Å²) in [5.41, 5.74) is 3.78. The quantitative estimate of drug-likeness (QED) is 0.873. The van der Waals surface area contributed by atoms with E-state index in [4.69, 9.17) is 4.74 Å². The summed E-state index contributed by atoms with van der Waals surface area (Å²) in [6, 6.07) is 16.3. The molecule has 146 valence electrons. The normalized spacial score (nSPS) is 17.4. The van der Waals surface area contributed by atoms with Gasteiger partial charge in [-0.05, 0) is 62.3 Å². The Kier molecular flexibility index (Phi) is 5.23. The van der Waals surface area contributed by atoms with Gasteiger partial charge in [0.15, 0.2) is 0 Å². The summed E-state index contributed by atoms with van der Waals surface area (Å²) in [6.07, 6.45) is 4.18. The molecule has 4 nitrogen and oxygen atoms in total. The van der Waals surface area contributed by atoms with Gasteiger partial charge < -0.3 is 15.0 Å². The van der Waals surface area contributed by atoms with Crippen molar-refractivity contribution in [1.29, 1.82) is 0 Å². The van der Waals surface area contributed by atoms with Gasteiger partial charge in [0, 0.05) is 37.1 Å². The largest absolute Gasteiger partial charge is 0.482 e. The van der Waals surface area contributed by atoms with E-state index in [0.29, 0.717) is 18.7 Å². The van der Waals surface area contributed by atoms with Crippen LogP contribution in [0, 0.1) is 0 Å². The molecule has 1 fully saturated rings. The Morgan fingerprint density at radius 2 is 1.79 bits per heavy atom. The highest BCUT2D eigenvalue weighted by atomic mass is 16.5. The number of rotatable bonds is 4. The van der Waals surface area contributed by atoms with Crippen molar-refractivity contribution in [3.63, 3.8) is 0 Å². The van der Waals surface area contributed by atoms with Crippen LogP contribution < -0.4 is 10.1 Å². The third kappa shape index (κ3) is 3.45. The maximum atomic E-state index is 12.9. The first kappa shape index (κ1) is 18.8. The van der Waals surface area contributed by atoms with Crippen LogP contribution in [0.5, 0.6) is 5.75 Å². The van der Waals surface area contributed by atoms with Crippen molar-refractivity contribution < 1.29 is 9.53 Å². The van der Waals surface area contributed by atoms with Crippen LogP contribution in [0.1, 0.15) is 48.2 Å². The molecular formula is C24H28N2O2. The molecule has 1 amide bonds. The monoisotopic (exact) mass is 376 g/mol. The van der Waals surface area contributed by atoms with E-state index >= 15 is 0 Å². The summed E-state index contributed by atoms with van der Waals surface area (Å²) in [5.74, 6) is 0.946. The van der Waals surface area contributed by atoms with E-state index < -0.39 is 0 Å². The van der Waals surface area contributed by atoms with Gasteiger partial charge in [-0.25, -0.2) is 0 Å². The lowest BCUT2D eigenvalue weighted by atomic mass is 9.83. The van der Waals surface area contributed by atoms with Crippen molar-refractivity contribution in [2.45, 2.75) is 32.3 Å². The van der Waals surface area contributed by atoms with Crippen LogP contribution in [0.3, 0.4) is 0 Å². The van der Waals surface area contributed by atoms with Gasteiger partial charge in [-0.3, -0.25) is 4.79 Å². The first-order chi connectivity index (χ1) is 13.7. The van der Waals surface area contributed by atoms with Crippen LogP contribution >= 0.6 is 0 Å². The van der Waals surface area contributed by atoms with Gasteiger partial charge >= 0.3 is 0 Å². The van der Waals surface area contributed by atoms with E-state index in [1.165, 1.54) is 0 Å². The van der Waals surface area contributed by atoms with Crippen molar-refractivity contribution in [2.24, 2.45) is 0 Å². The summed E-state index contributed by atoms with van der Waals surface area (Å²) in [4.78, 5) is 14.7. The standard InChI is InChI=1S/C24H28N2O2/c1-3-26(4-2)23(27)19-10-11-22-20(16-19)21(18-8-6-5-7-9-18)17-24(28-22)12-14-25-15-13-24/h5-11,16-17,25H,3-4,12-15H2,1-2H3. The number of carbonyl (C=O) groups is 1. The highest BCUT2D eigenvalue weighted by molar-refractivity contribution is 5.97. The fourth-order valence-electron chi connectivity index (χ4n) is 4.20. The van der Waals surface area contributed by atoms with Gasteiger partial charge in [0.25, 0.3) is 5.91 Å². The topological polar surface area (TPSA) is 41.6 Å². The number of fused-ring (bicyclic) bond motifs is 1. The van der Waals surface area contributed by atoms with Gasteiger partial charge in [0.1, 0.15) is 11.4 Å².